The Morgan fingerprint density at radius 1 is 1.47 bits per heavy atom. The number of rotatable bonds is 6. The lowest BCUT2D eigenvalue weighted by Crippen LogP contribution is -2.07. The average molecular weight is 302 g/mol. The Labute approximate surface area is 119 Å². The highest BCUT2D eigenvalue weighted by Gasteiger charge is 2.11. The number of ether oxygens (including phenoxy) is 1. The lowest BCUT2D eigenvalue weighted by atomic mass is 10.1. The molecule has 0 aliphatic rings. The quantitative estimate of drug-likeness (QED) is 0.833. The Morgan fingerprint density at radius 3 is 3.05 bits per heavy atom. The molecule has 0 saturated heterocycles. The van der Waals surface area contributed by atoms with Gasteiger partial charge in [0.25, 0.3) is 0 Å². The zero-order chi connectivity index (χ0) is 13.7. The molecule has 0 aliphatic heterocycles. The molecule has 1 N–H and O–H groups in total. The number of anilines is 1. The second kappa shape index (κ2) is 6.79. The lowest BCUT2D eigenvalue weighted by molar-refractivity contribution is 0.211. The number of nitrogens with one attached hydrogen (secondary N) is 1. The SMILES string of the molecule is COCCNc1nc(Cc2c(F)cccc2Cl)ns1. The monoisotopic (exact) mass is 301 g/mol. The highest BCUT2D eigenvalue weighted by atomic mass is 35.5. The summed E-state index contributed by atoms with van der Waals surface area (Å²) in [7, 11) is 1.63. The van der Waals surface area contributed by atoms with Crippen molar-refractivity contribution in [2.24, 2.45) is 0 Å². The van der Waals surface area contributed by atoms with Crippen molar-refractivity contribution in [3.05, 3.63) is 40.4 Å². The first-order valence-corrected chi connectivity index (χ1v) is 6.84. The number of methoxy groups -OCH3 is 1. The van der Waals surface area contributed by atoms with Gasteiger partial charge in [-0.05, 0) is 12.1 Å². The standard InChI is InChI=1S/C12H13ClFN3OS/c1-18-6-5-15-12-16-11(17-19-12)7-8-9(13)3-2-4-10(8)14/h2-4H,5-7H2,1H3,(H,15,16,17). The van der Waals surface area contributed by atoms with E-state index in [1.807, 2.05) is 0 Å². The summed E-state index contributed by atoms with van der Waals surface area (Å²) < 4.78 is 22.7. The van der Waals surface area contributed by atoms with E-state index < -0.39 is 0 Å². The van der Waals surface area contributed by atoms with Crippen molar-refractivity contribution in [3.63, 3.8) is 0 Å². The first kappa shape index (κ1) is 14.2. The molecule has 2 rings (SSSR count). The number of hydrogen-bond donors (Lipinski definition) is 1. The van der Waals surface area contributed by atoms with Gasteiger partial charge in [0.1, 0.15) is 11.6 Å². The van der Waals surface area contributed by atoms with Gasteiger partial charge in [0.15, 0.2) is 0 Å². The number of aromatic nitrogens is 2. The van der Waals surface area contributed by atoms with Gasteiger partial charge in [-0.15, -0.1) is 0 Å². The fourth-order valence-electron chi connectivity index (χ4n) is 1.52. The van der Waals surface area contributed by atoms with Gasteiger partial charge < -0.3 is 10.1 Å². The minimum atomic E-state index is -0.337. The zero-order valence-corrected chi connectivity index (χ0v) is 11.9. The molecule has 0 aliphatic carbocycles. The Balaban J connectivity index is 2.03. The van der Waals surface area contributed by atoms with Crippen molar-refractivity contribution in [1.29, 1.82) is 0 Å². The van der Waals surface area contributed by atoms with Crippen LogP contribution in [0, 0.1) is 5.82 Å². The molecule has 0 saturated carbocycles. The predicted molar refractivity (Wildman–Crippen MR) is 74.5 cm³/mol. The first-order chi connectivity index (χ1) is 9.20. The van der Waals surface area contributed by atoms with Gasteiger partial charge in [-0.1, -0.05) is 17.7 Å². The average Bonchev–Trinajstić information content (AvgIpc) is 2.82. The van der Waals surface area contributed by atoms with E-state index in [0.717, 1.165) is 0 Å². The molecule has 4 nitrogen and oxygen atoms in total. The maximum atomic E-state index is 13.6. The van der Waals surface area contributed by atoms with Gasteiger partial charge in [-0.25, -0.2) is 9.37 Å². The molecule has 7 heteroatoms. The molecule has 102 valence electrons. The molecule has 0 amide bonds. The van der Waals surface area contributed by atoms with E-state index in [1.165, 1.54) is 17.6 Å². The van der Waals surface area contributed by atoms with Gasteiger partial charge in [0, 0.05) is 42.2 Å². The minimum absolute atomic E-state index is 0.286. The molecule has 19 heavy (non-hydrogen) atoms. The third kappa shape index (κ3) is 3.86. The highest BCUT2D eigenvalue weighted by Crippen LogP contribution is 2.22. The molecule has 0 spiro atoms. The highest BCUT2D eigenvalue weighted by molar-refractivity contribution is 7.09. The maximum Gasteiger partial charge on any atom is 0.202 e. The van der Waals surface area contributed by atoms with Crippen LogP contribution in [0.15, 0.2) is 18.2 Å². The summed E-state index contributed by atoms with van der Waals surface area (Å²) in [5.74, 6) is 0.216. The van der Waals surface area contributed by atoms with Crippen LogP contribution >= 0.6 is 23.1 Å². The summed E-state index contributed by atoms with van der Waals surface area (Å²) in [5.41, 5.74) is 0.422. The summed E-state index contributed by atoms with van der Waals surface area (Å²) in [5, 5.41) is 4.16. The van der Waals surface area contributed by atoms with Gasteiger partial charge >= 0.3 is 0 Å². The van der Waals surface area contributed by atoms with Crippen LogP contribution in [-0.2, 0) is 11.2 Å². The molecular weight excluding hydrogens is 289 g/mol. The molecular formula is C12H13ClFN3OS. The smallest absolute Gasteiger partial charge is 0.202 e. The minimum Gasteiger partial charge on any atom is -0.383 e. The third-order valence-electron chi connectivity index (χ3n) is 2.45. The Hall–Kier alpha value is -1.24. The zero-order valence-electron chi connectivity index (χ0n) is 10.3. The van der Waals surface area contributed by atoms with Crippen molar-refractivity contribution >= 4 is 28.3 Å². The van der Waals surface area contributed by atoms with Crippen molar-refractivity contribution in [1.82, 2.24) is 9.36 Å². The molecule has 2 aromatic rings. The van der Waals surface area contributed by atoms with E-state index in [4.69, 9.17) is 16.3 Å². The molecule has 0 unspecified atom stereocenters. The van der Waals surface area contributed by atoms with Crippen LogP contribution in [0.1, 0.15) is 11.4 Å². The number of nitrogens with zero attached hydrogens (tertiary/aromatic N) is 2. The summed E-state index contributed by atoms with van der Waals surface area (Å²) in [6.45, 7) is 1.25. The summed E-state index contributed by atoms with van der Waals surface area (Å²) in [6.07, 6.45) is 0.286. The molecule has 0 atom stereocenters. The van der Waals surface area contributed by atoms with Gasteiger partial charge in [0.05, 0.1) is 6.61 Å². The first-order valence-electron chi connectivity index (χ1n) is 5.69. The number of hydrogen-bond acceptors (Lipinski definition) is 5. The summed E-state index contributed by atoms with van der Waals surface area (Å²) in [6, 6.07) is 4.61. The van der Waals surface area contributed by atoms with Crippen LogP contribution in [0.3, 0.4) is 0 Å². The Morgan fingerprint density at radius 2 is 2.32 bits per heavy atom. The Kier molecular flexibility index (Phi) is 5.07. The Bertz CT molecular complexity index is 529. The molecule has 0 bridgehead atoms. The number of halogens is 2. The van der Waals surface area contributed by atoms with Crippen molar-refractivity contribution in [2.75, 3.05) is 25.6 Å². The van der Waals surface area contributed by atoms with Crippen LogP contribution in [0.25, 0.3) is 0 Å². The fraction of sp³-hybridized carbons (Fsp3) is 0.333. The van der Waals surface area contributed by atoms with Crippen LogP contribution in [0.5, 0.6) is 0 Å². The molecule has 0 radical (unpaired) electrons. The van der Waals surface area contributed by atoms with E-state index in [0.29, 0.717) is 34.7 Å². The van der Waals surface area contributed by atoms with E-state index in [2.05, 4.69) is 14.7 Å². The van der Waals surface area contributed by atoms with Crippen LogP contribution in [-0.4, -0.2) is 29.6 Å². The largest absolute Gasteiger partial charge is 0.383 e. The van der Waals surface area contributed by atoms with E-state index in [9.17, 15) is 4.39 Å². The van der Waals surface area contributed by atoms with E-state index in [-0.39, 0.29) is 12.2 Å². The van der Waals surface area contributed by atoms with Crippen molar-refractivity contribution in [2.45, 2.75) is 6.42 Å². The summed E-state index contributed by atoms with van der Waals surface area (Å²) in [4.78, 5) is 4.27. The van der Waals surface area contributed by atoms with Crippen molar-refractivity contribution < 1.29 is 9.13 Å². The molecule has 0 fully saturated rings. The number of benzene rings is 1. The fourth-order valence-corrected chi connectivity index (χ4v) is 2.36. The third-order valence-corrected chi connectivity index (χ3v) is 3.51. The topological polar surface area (TPSA) is 47.0 Å². The van der Waals surface area contributed by atoms with Gasteiger partial charge in [-0.2, -0.15) is 4.37 Å². The summed E-state index contributed by atoms with van der Waals surface area (Å²) >= 11 is 7.20. The second-order valence-electron chi connectivity index (χ2n) is 3.81. The van der Waals surface area contributed by atoms with Crippen LogP contribution < -0.4 is 5.32 Å². The second-order valence-corrected chi connectivity index (χ2v) is 4.97. The normalized spacial score (nSPS) is 10.7. The molecule has 1 heterocycles. The van der Waals surface area contributed by atoms with Gasteiger partial charge in [-0.3, -0.25) is 0 Å². The van der Waals surface area contributed by atoms with Crippen molar-refractivity contribution in [3.8, 4) is 0 Å². The van der Waals surface area contributed by atoms with E-state index >= 15 is 0 Å². The van der Waals surface area contributed by atoms with E-state index in [1.54, 1.807) is 19.2 Å². The van der Waals surface area contributed by atoms with Gasteiger partial charge in [0.2, 0.25) is 5.13 Å². The predicted octanol–water partition coefficient (Wildman–Crippen LogP) is 2.98. The maximum absolute atomic E-state index is 13.6. The molecule has 1 aromatic heterocycles. The lowest BCUT2D eigenvalue weighted by Gasteiger charge is -2.02. The molecule has 1 aromatic carbocycles. The van der Waals surface area contributed by atoms with Crippen LogP contribution in [0.2, 0.25) is 5.02 Å². The van der Waals surface area contributed by atoms with Crippen LogP contribution in [0.4, 0.5) is 9.52 Å².